The molecule has 0 saturated heterocycles. The van der Waals surface area contributed by atoms with Crippen LogP contribution in [0.15, 0.2) is 24.3 Å². The molecule has 0 radical (unpaired) electrons. The molecule has 0 atom stereocenters. The summed E-state index contributed by atoms with van der Waals surface area (Å²) in [6, 6.07) is 7.22. The Labute approximate surface area is 126 Å². The minimum atomic E-state index is -0.0860. The Balaban J connectivity index is 1.67. The Morgan fingerprint density at radius 1 is 1.45 bits per heavy atom. The van der Waals surface area contributed by atoms with Crippen LogP contribution < -0.4 is 10.6 Å². The fourth-order valence-electron chi connectivity index (χ4n) is 2.15. The summed E-state index contributed by atoms with van der Waals surface area (Å²) in [6.45, 7) is 1.82. The van der Waals surface area contributed by atoms with Crippen LogP contribution >= 0.6 is 22.9 Å². The van der Waals surface area contributed by atoms with Crippen LogP contribution in [0, 0.1) is 0 Å². The standard InChI is InChI=1S/C14H14ClN3OS/c15-9-3-1-2-4-10(9)17-13(19)7-14-18-11-5-6-16-8-12(11)20-14/h1-4,16H,5-8H2,(H,17,19). The molecule has 1 aromatic carbocycles. The Hall–Kier alpha value is -1.43. The molecule has 1 amide bonds. The molecule has 4 nitrogen and oxygen atoms in total. The number of hydrogen-bond acceptors (Lipinski definition) is 4. The van der Waals surface area contributed by atoms with E-state index in [9.17, 15) is 4.79 Å². The van der Waals surface area contributed by atoms with E-state index in [0.717, 1.165) is 30.2 Å². The van der Waals surface area contributed by atoms with Gasteiger partial charge >= 0.3 is 0 Å². The Bertz CT molecular complexity index is 618. The first kappa shape index (κ1) is 13.5. The second-order valence-electron chi connectivity index (χ2n) is 4.61. The van der Waals surface area contributed by atoms with Crippen molar-refractivity contribution in [3.05, 3.63) is 44.9 Å². The summed E-state index contributed by atoms with van der Waals surface area (Å²) in [4.78, 5) is 17.8. The number of nitrogens with zero attached hydrogens (tertiary/aromatic N) is 1. The van der Waals surface area contributed by atoms with E-state index in [4.69, 9.17) is 11.6 Å². The summed E-state index contributed by atoms with van der Waals surface area (Å²) in [5.74, 6) is -0.0860. The lowest BCUT2D eigenvalue weighted by molar-refractivity contribution is -0.115. The summed E-state index contributed by atoms with van der Waals surface area (Å²) in [5, 5.41) is 7.54. The van der Waals surface area contributed by atoms with Gasteiger partial charge in [-0.15, -0.1) is 11.3 Å². The number of carbonyl (C=O) groups excluding carboxylic acids is 1. The first-order valence-corrected chi connectivity index (χ1v) is 7.64. The van der Waals surface area contributed by atoms with Gasteiger partial charge in [0.2, 0.25) is 5.91 Å². The van der Waals surface area contributed by atoms with Crippen LogP contribution in [0.25, 0.3) is 0 Å². The Morgan fingerprint density at radius 2 is 2.30 bits per heavy atom. The van der Waals surface area contributed by atoms with Gasteiger partial charge in [-0.2, -0.15) is 0 Å². The molecule has 2 N–H and O–H groups in total. The molecule has 104 valence electrons. The van der Waals surface area contributed by atoms with Crippen molar-refractivity contribution in [3.63, 3.8) is 0 Å². The molecule has 0 saturated carbocycles. The van der Waals surface area contributed by atoms with Crippen LogP contribution in [0.4, 0.5) is 5.69 Å². The second kappa shape index (κ2) is 5.91. The average molecular weight is 308 g/mol. The molecule has 0 aliphatic carbocycles. The number of nitrogens with one attached hydrogen (secondary N) is 2. The van der Waals surface area contributed by atoms with Gasteiger partial charge < -0.3 is 10.6 Å². The Kier molecular flexibility index (Phi) is 4.00. The van der Waals surface area contributed by atoms with E-state index in [1.807, 2.05) is 12.1 Å². The number of amides is 1. The van der Waals surface area contributed by atoms with Gasteiger partial charge in [0, 0.05) is 24.4 Å². The number of thiazole rings is 1. The van der Waals surface area contributed by atoms with Gasteiger partial charge in [-0.25, -0.2) is 4.98 Å². The molecule has 1 aliphatic rings. The summed E-state index contributed by atoms with van der Waals surface area (Å²) in [6.07, 6.45) is 1.24. The van der Waals surface area contributed by atoms with Crippen LogP contribution in [0.5, 0.6) is 0 Å². The lowest BCUT2D eigenvalue weighted by Gasteiger charge is -2.09. The van der Waals surface area contributed by atoms with Crippen LogP contribution in [-0.4, -0.2) is 17.4 Å². The maximum Gasteiger partial charge on any atom is 0.231 e. The summed E-state index contributed by atoms with van der Waals surface area (Å²) in [5.41, 5.74) is 1.77. The molecule has 0 unspecified atom stereocenters. The van der Waals surface area contributed by atoms with Crippen LogP contribution in [0.1, 0.15) is 15.6 Å². The van der Waals surface area contributed by atoms with Crippen molar-refractivity contribution in [2.75, 3.05) is 11.9 Å². The molecule has 1 aromatic heterocycles. The van der Waals surface area contributed by atoms with Gasteiger partial charge in [0.1, 0.15) is 5.01 Å². The third-order valence-electron chi connectivity index (χ3n) is 3.11. The molecule has 20 heavy (non-hydrogen) atoms. The lowest BCUT2D eigenvalue weighted by Crippen LogP contribution is -2.22. The fourth-order valence-corrected chi connectivity index (χ4v) is 3.42. The first-order valence-electron chi connectivity index (χ1n) is 6.45. The van der Waals surface area contributed by atoms with E-state index in [1.165, 1.54) is 4.88 Å². The van der Waals surface area contributed by atoms with Crippen molar-refractivity contribution in [2.24, 2.45) is 0 Å². The van der Waals surface area contributed by atoms with Gasteiger partial charge in [0.05, 0.1) is 22.8 Å². The number of hydrogen-bond donors (Lipinski definition) is 2. The zero-order valence-corrected chi connectivity index (χ0v) is 12.4. The van der Waals surface area contributed by atoms with E-state index in [0.29, 0.717) is 17.1 Å². The highest BCUT2D eigenvalue weighted by molar-refractivity contribution is 7.11. The largest absolute Gasteiger partial charge is 0.324 e. The molecule has 2 heterocycles. The summed E-state index contributed by atoms with van der Waals surface area (Å²) < 4.78 is 0. The van der Waals surface area contributed by atoms with Gasteiger partial charge in [0.15, 0.2) is 0 Å². The van der Waals surface area contributed by atoms with E-state index in [2.05, 4.69) is 15.6 Å². The Morgan fingerprint density at radius 3 is 3.10 bits per heavy atom. The van der Waals surface area contributed by atoms with Crippen molar-refractivity contribution in [2.45, 2.75) is 19.4 Å². The van der Waals surface area contributed by atoms with Crippen molar-refractivity contribution < 1.29 is 4.79 Å². The topological polar surface area (TPSA) is 54.0 Å². The molecule has 0 spiro atoms. The van der Waals surface area contributed by atoms with Crippen LogP contribution in [0.3, 0.4) is 0 Å². The van der Waals surface area contributed by atoms with Crippen molar-refractivity contribution in [1.82, 2.24) is 10.3 Å². The predicted octanol–water partition coefficient (Wildman–Crippen LogP) is 2.62. The zero-order chi connectivity index (χ0) is 13.9. The van der Waals surface area contributed by atoms with Gasteiger partial charge in [-0.1, -0.05) is 23.7 Å². The fraction of sp³-hybridized carbons (Fsp3) is 0.286. The number of rotatable bonds is 3. The maximum atomic E-state index is 12.0. The van der Waals surface area contributed by atoms with Crippen LogP contribution in [0.2, 0.25) is 5.02 Å². The third kappa shape index (κ3) is 3.00. The number of carbonyl (C=O) groups is 1. The molecule has 1 aliphatic heterocycles. The monoisotopic (exact) mass is 307 g/mol. The van der Waals surface area contributed by atoms with Gasteiger partial charge in [-0.05, 0) is 12.1 Å². The molecule has 0 bridgehead atoms. The number of para-hydroxylation sites is 1. The third-order valence-corrected chi connectivity index (χ3v) is 4.53. The molecule has 0 fully saturated rings. The number of anilines is 1. The number of benzene rings is 1. The van der Waals surface area contributed by atoms with E-state index in [-0.39, 0.29) is 5.91 Å². The minimum Gasteiger partial charge on any atom is -0.324 e. The second-order valence-corrected chi connectivity index (χ2v) is 6.18. The van der Waals surface area contributed by atoms with Gasteiger partial charge in [-0.3, -0.25) is 4.79 Å². The number of aromatic nitrogens is 1. The SMILES string of the molecule is O=C(Cc1nc2c(s1)CNCC2)Nc1ccccc1Cl. The normalized spacial score (nSPS) is 13.8. The first-order chi connectivity index (χ1) is 9.72. The lowest BCUT2D eigenvalue weighted by atomic mass is 10.2. The molecule has 3 rings (SSSR count). The van der Waals surface area contributed by atoms with Crippen molar-refractivity contribution in [1.29, 1.82) is 0 Å². The zero-order valence-electron chi connectivity index (χ0n) is 10.8. The number of halogens is 1. The van der Waals surface area contributed by atoms with E-state index in [1.54, 1.807) is 23.5 Å². The predicted molar refractivity (Wildman–Crippen MR) is 81.3 cm³/mol. The van der Waals surface area contributed by atoms with E-state index < -0.39 is 0 Å². The smallest absolute Gasteiger partial charge is 0.231 e. The average Bonchev–Trinajstić information content (AvgIpc) is 2.83. The molecule has 6 heteroatoms. The maximum absolute atomic E-state index is 12.0. The molecule has 2 aromatic rings. The van der Waals surface area contributed by atoms with Crippen molar-refractivity contribution in [3.8, 4) is 0 Å². The van der Waals surface area contributed by atoms with Crippen LogP contribution in [-0.2, 0) is 24.2 Å². The highest BCUT2D eigenvalue weighted by Gasteiger charge is 2.16. The minimum absolute atomic E-state index is 0.0860. The summed E-state index contributed by atoms with van der Waals surface area (Å²) in [7, 11) is 0. The highest BCUT2D eigenvalue weighted by Crippen LogP contribution is 2.23. The molecular formula is C14H14ClN3OS. The quantitative estimate of drug-likeness (QED) is 0.916. The summed E-state index contributed by atoms with van der Waals surface area (Å²) >= 11 is 7.63. The van der Waals surface area contributed by atoms with Crippen molar-refractivity contribution >= 4 is 34.5 Å². The van der Waals surface area contributed by atoms with Gasteiger partial charge in [0.25, 0.3) is 0 Å². The highest BCUT2D eigenvalue weighted by atomic mass is 35.5. The van der Waals surface area contributed by atoms with E-state index >= 15 is 0 Å². The molecular weight excluding hydrogens is 294 g/mol. The number of fused-ring (bicyclic) bond motifs is 1.